The van der Waals surface area contributed by atoms with Crippen LogP contribution >= 0.6 is 0 Å². The maximum Gasteiger partial charge on any atom is 0.124 e. The second-order valence-electron chi connectivity index (χ2n) is 7.33. The third-order valence-electron chi connectivity index (χ3n) is 5.79. The molecule has 2 aliphatic rings. The Labute approximate surface area is 150 Å². The zero-order chi connectivity index (χ0) is 17.4. The molecule has 1 aliphatic carbocycles. The standard InChI is InChI=1S/C21H28N4/c1-4-25-18-12-6-5-11-17(18)22-20(25)15-24(3)19-13-7-9-16-10-8-14-23(2)21(16)19/h5-6,8,10-12,14,19,21H,4,7,9,13,15H2,1-3H3. The summed E-state index contributed by atoms with van der Waals surface area (Å²) < 4.78 is 2.36. The van der Waals surface area contributed by atoms with Crippen molar-refractivity contribution in [2.24, 2.45) is 0 Å². The molecule has 0 spiro atoms. The highest BCUT2D eigenvalue weighted by atomic mass is 15.2. The predicted octanol–water partition coefficient (Wildman–Crippen LogP) is 3.79. The monoisotopic (exact) mass is 336 g/mol. The van der Waals surface area contributed by atoms with Gasteiger partial charge >= 0.3 is 0 Å². The number of hydrogen-bond donors (Lipinski definition) is 0. The molecule has 4 nitrogen and oxygen atoms in total. The summed E-state index contributed by atoms with van der Waals surface area (Å²) in [5.74, 6) is 1.18. The Bertz CT molecular complexity index is 816. The molecule has 2 heterocycles. The van der Waals surface area contributed by atoms with Crippen LogP contribution in [-0.4, -0.2) is 45.5 Å². The van der Waals surface area contributed by atoms with Crippen molar-refractivity contribution >= 4 is 11.0 Å². The van der Waals surface area contributed by atoms with E-state index in [-0.39, 0.29) is 0 Å². The highest BCUT2D eigenvalue weighted by Gasteiger charge is 2.34. The molecule has 25 heavy (non-hydrogen) atoms. The largest absolute Gasteiger partial charge is 0.372 e. The smallest absolute Gasteiger partial charge is 0.124 e. The number of benzene rings is 1. The molecule has 1 aromatic heterocycles. The molecule has 1 fully saturated rings. The van der Waals surface area contributed by atoms with Crippen molar-refractivity contribution in [3.05, 3.63) is 54.0 Å². The molecule has 2 aromatic rings. The Morgan fingerprint density at radius 3 is 2.96 bits per heavy atom. The maximum atomic E-state index is 4.92. The third kappa shape index (κ3) is 2.89. The predicted molar refractivity (Wildman–Crippen MR) is 103 cm³/mol. The van der Waals surface area contributed by atoms with Crippen LogP contribution in [0, 0.1) is 0 Å². The van der Waals surface area contributed by atoms with Crippen LogP contribution < -0.4 is 0 Å². The first kappa shape index (κ1) is 16.4. The molecule has 0 bridgehead atoms. The van der Waals surface area contributed by atoms with E-state index < -0.39 is 0 Å². The molecule has 1 aromatic carbocycles. The van der Waals surface area contributed by atoms with E-state index in [1.807, 2.05) is 0 Å². The normalized spacial score (nSPS) is 23.2. The minimum atomic E-state index is 0.503. The molecular weight excluding hydrogens is 308 g/mol. The number of nitrogens with zero attached hydrogens (tertiary/aromatic N) is 4. The Morgan fingerprint density at radius 2 is 2.12 bits per heavy atom. The highest BCUT2D eigenvalue weighted by Crippen LogP contribution is 2.33. The van der Waals surface area contributed by atoms with Crippen molar-refractivity contribution in [2.75, 3.05) is 14.1 Å². The molecule has 132 valence electrons. The number of aryl methyl sites for hydroxylation is 1. The number of fused-ring (bicyclic) bond motifs is 2. The topological polar surface area (TPSA) is 24.3 Å². The number of aromatic nitrogens is 2. The van der Waals surface area contributed by atoms with E-state index in [0.29, 0.717) is 12.1 Å². The Hall–Kier alpha value is -2.07. The molecule has 0 radical (unpaired) electrons. The average molecular weight is 336 g/mol. The minimum absolute atomic E-state index is 0.503. The molecule has 0 saturated heterocycles. The van der Waals surface area contributed by atoms with Crippen LogP contribution in [-0.2, 0) is 13.1 Å². The molecule has 4 rings (SSSR count). The van der Waals surface area contributed by atoms with E-state index in [1.165, 1.54) is 30.6 Å². The van der Waals surface area contributed by atoms with Crippen LogP contribution in [0.3, 0.4) is 0 Å². The van der Waals surface area contributed by atoms with Crippen molar-refractivity contribution in [1.29, 1.82) is 0 Å². The van der Waals surface area contributed by atoms with Gasteiger partial charge in [0.25, 0.3) is 0 Å². The zero-order valence-corrected chi connectivity index (χ0v) is 15.5. The van der Waals surface area contributed by atoms with Gasteiger partial charge in [-0.1, -0.05) is 18.2 Å². The summed E-state index contributed by atoms with van der Waals surface area (Å²) in [4.78, 5) is 9.82. The third-order valence-corrected chi connectivity index (χ3v) is 5.79. The van der Waals surface area contributed by atoms with Gasteiger partial charge in [-0.25, -0.2) is 4.98 Å². The van der Waals surface area contributed by atoms with Crippen molar-refractivity contribution in [1.82, 2.24) is 19.4 Å². The van der Waals surface area contributed by atoms with E-state index in [9.17, 15) is 0 Å². The van der Waals surface area contributed by atoms with E-state index in [1.54, 1.807) is 5.57 Å². The zero-order valence-electron chi connectivity index (χ0n) is 15.5. The summed E-state index contributed by atoms with van der Waals surface area (Å²) in [5.41, 5.74) is 3.93. The lowest BCUT2D eigenvalue weighted by Crippen LogP contribution is -2.51. The Kier molecular flexibility index (Phi) is 4.38. The van der Waals surface area contributed by atoms with Gasteiger partial charge in [-0.15, -0.1) is 0 Å². The number of allylic oxidation sites excluding steroid dienone is 2. The van der Waals surface area contributed by atoms with Crippen molar-refractivity contribution in [2.45, 2.75) is 51.4 Å². The summed E-state index contributed by atoms with van der Waals surface area (Å²) in [5, 5.41) is 0. The summed E-state index contributed by atoms with van der Waals surface area (Å²) in [6.07, 6.45) is 10.5. The first-order chi connectivity index (χ1) is 12.2. The van der Waals surface area contributed by atoms with Crippen LogP contribution in [0.25, 0.3) is 11.0 Å². The van der Waals surface area contributed by atoms with Gasteiger partial charge in [0.05, 0.1) is 23.6 Å². The maximum absolute atomic E-state index is 4.92. The lowest BCUT2D eigenvalue weighted by molar-refractivity contribution is 0.123. The Balaban J connectivity index is 1.60. The van der Waals surface area contributed by atoms with E-state index in [4.69, 9.17) is 4.98 Å². The first-order valence-electron chi connectivity index (χ1n) is 9.42. The van der Waals surface area contributed by atoms with Gasteiger partial charge in [0.1, 0.15) is 5.82 Å². The second kappa shape index (κ2) is 6.68. The fourth-order valence-electron chi connectivity index (χ4n) is 4.58. The summed E-state index contributed by atoms with van der Waals surface area (Å²) in [6.45, 7) is 4.07. The molecule has 2 unspecified atom stereocenters. The summed E-state index contributed by atoms with van der Waals surface area (Å²) in [6, 6.07) is 9.52. The Morgan fingerprint density at radius 1 is 1.28 bits per heavy atom. The molecule has 1 saturated carbocycles. The molecule has 1 aliphatic heterocycles. The number of hydrogen-bond acceptors (Lipinski definition) is 3. The van der Waals surface area contributed by atoms with Crippen LogP contribution in [0.2, 0.25) is 0 Å². The van der Waals surface area contributed by atoms with Gasteiger partial charge in [-0.2, -0.15) is 0 Å². The van der Waals surface area contributed by atoms with E-state index in [2.05, 4.69) is 78.0 Å². The molecule has 0 N–H and O–H groups in total. The van der Waals surface area contributed by atoms with Crippen LogP contribution in [0.4, 0.5) is 0 Å². The molecule has 4 heteroatoms. The van der Waals surface area contributed by atoms with Crippen LogP contribution in [0.1, 0.15) is 32.0 Å². The lowest BCUT2D eigenvalue weighted by Gasteiger charge is -2.44. The lowest BCUT2D eigenvalue weighted by atomic mass is 9.83. The van der Waals surface area contributed by atoms with Crippen molar-refractivity contribution < 1.29 is 0 Å². The van der Waals surface area contributed by atoms with E-state index in [0.717, 1.165) is 18.6 Å². The second-order valence-corrected chi connectivity index (χ2v) is 7.33. The van der Waals surface area contributed by atoms with Gasteiger partial charge in [0.2, 0.25) is 0 Å². The number of likely N-dealkylation sites (N-methyl/N-ethyl adjacent to an activating group) is 2. The molecule has 2 atom stereocenters. The fraction of sp³-hybridized carbons (Fsp3) is 0.476. The van der Waals surface area contributed by atoms with Gasteiger partial charge in [0, 0.05) is 19.6 Å². The number of rotatable bonds is 4. The summed E-state index contributed by atoms with van der Waals surface area (Å²) >= 11 is 0. The number of para-hydroxylation sites is 2. The van der Waals surface area contributed by atoms with Gasteiger partial charge < -0.3 is 9.47 Å². The first-order valence-corrected chi connectivity index (χ1v) is 9.42. The van der Waals surface area contributed by atoms with Gasteiger partial charge in [-0.05, 0) is 63.2 Å². The summed E-state index contributed by atoms with van der Waals surface area (Å²) in [7, 11) is 4.47. The van der Waals surface area contributed by atoms with Gasteiger partial charge in [-0.3, -0.25) is 4.90 Å². The number of imidazole rings is 1. The van der Waals surface area contributed by atoms with Crippen molar-refractivity contribution in [3.8, 4) is 0 Å². The SMILES string of the molecule is CCn1c(CN(C)C2CCCC3=CC=CN(C)C32)nc2ccccc21. The molecule has 0 amide bonds. The van der Waals surface area contributed by atoms with Crippen molar-refractivity contribution in [3.63, 3.8) is 0 Å². The van der Waals surface area contributed by atoms with E-state index >= 15 is 0 Å². The van der Waals surface area contributed by atoms with Crippen LogP contribution in [0.15, 0.2) is 48.2 Å². The van der Waals surface area contributed by atoms with Gasteiger partial charge in [0.15, 0.2) is 0 Å². The molecular formula is C21H28N4. The average Bonchev–Trinajstić information content (AvgIpc) is 2.98. The minimum Gasteiger partial charge on any atom is -0.372 e. The van der Waals surface area contributed by atoms with Crippen LogP contribution in [0.5, 0.6) is 0 Å². The highest BCUT2D eigenvalue weighted by molar-refractivity contribution is 5.75. The fourth-order valence-corrected chi connectivity index (χ4v) is 4.58. The quantitative estimate of drug-likeness (QED) is 0.849.